The maximum absolute atomic E-state index is 5.49. The Hall–Kier alpha value is -1.13. The third-order valence-corrected chi connectivity index (χ3v) is 3.14. The molecule has 0 aliphatic rings. The Morgan fingerprint density at radius 1 is 1.47 bits per heavy atom. The van der Waals surface area contributed by atoms with Crippen molar-refractivity contribution in [3.8, 4) is 11.3 Å². The second kappa shape index (κ2) is 4.16. The Balaban J connectivity index is 2.32. The smallest absolute Gasteiger partial charge is 0.110 e. The predicted octanol–water partition coefficient (Wildman–Crippen LogP) is 2.52. The van der Waals surface area contributed by atoms with Crippen LogP contribution >= 0.6 is 11.3 Å². The van der Waals surface area contributed by atoms with E-state index in [-0.39, 0.29) is 0 Å². The molecule has 2 N–H and O–H groups in total. The van der Waals surface area contributed by atoms with Gasteiger partial charge in [0.1, 0.15) is 11.5 Å². The van der Waals surface area contributed by atoms with Crippen LogP contribution in [0.3, 0.4) is 0 Å². The molecule has 2 aromatic heterocycles. The molecule has 0 bridgehead atoms. The summed E-state index contributed by atoms with van der Waals surface area (Å²) in [7, 11) is 0. The van der Waals surface area contributed by atoms with Crippen LogP contribution in [0.1, 0.15) is 16.5 Å². The number of nitrogens with two attached hydrogens (primary N) is 1. The van der Waals surface area contributed by atoms with E-state index in [0.29, 0.717) is 6.54 Å². The van der Waals surface area contributed by atoms with E-state index in [1.807, 2.05) is 19.9 Å². The molecule has 0 aliphatic carbocycles. The summed E-state index contributed by atoms with van der Waals surface area (Å²) in [6, 6.07) is 2.02. The van der Waals surface area contributed by atoms with Gasteiger partial charge in [0, 0.05) is 17.4 Å². The maximum atomic E-state index is 5.49. The molecule has 0 amide bonds. The van der Waals surface area contributed by atoms with Crippen LogP contribution < -0.4 is 5.73 Å². The predicted molar refractivity (Wildman–Crippen MR) is 62.0 cm³/mol. The molecule has 0 saturated carbocycles. The highest BCUT2D eigenvalue weighted by Gasteiger charge is 2.10. The van der Waals surface area contributed by atoms with Crippen LogP contribution in [0.2, 0.25) is 0 Å². The van der Waals surface area contributed by atoms with Gasteiger partial charge in [0.25, 0.3) is 0 Å². The lowest BCUT2D eigenvalue weighted by Gasteiger charge is -1.92. The summed E-state index contributed by atoms with van der Waals surface area (Å²) in [4.78, 5) is 4.52. The molecule has 80 valence electrons. The van der Waals surface area contributed by atoms with Crippen molar-refractivity contribution < 1.29 is 4.42 Å². The van der Waals surface area contributed by atoms with Gasteiger partial charge in [-0.25, -0.2) is 4.98 Å². The minimum absolute atomic E-state index is 0.649. The molecule has 0 atom stereocenters. The van der Waals surface area contributed by atoms with E-state index in [9.17, 15) is 0 Å². The fraction of sp³-hybridized carbons (Fsp3) is 0.364. The molecule has 4 heteroatoms. The first-order valence-corrected chi connectivity index (χ1v) is 5.80. The highest BCUT2D eigenvalue weighted by Crippen LogP contribution is 2.27. The van der Waals surface area contributed by atoms with Crippen LogP contribution in [0.4, 0.5) is 0 Å². The normalized spacial score (nSPS) is 10.9. The number of furan rings is 1. The highest BCUT2D eigenvalue weighted by atomic mass is 32.1. The molecule has 2 aromatic rings. The van der Waals surface area contributed by atoms with Crippen molar-refractivity contribution in [1.29, 1.82) is 0 Å². The zero-order valence-electron chi connectivity index (χ0n) is 8.91. The standard InChI is InChI=1S/C11H14N2OS/c1-7-5-9(8(2)14-7)10-6-15-11(13-10)3-4-12/h5-6H,3-4,12H2,1-2H3. The molecular formula is C11H14N2OS. The van der Waals surface area contributed by atoms with Gasteiger partial charge in [-0.2, -0.15) is 0 Å². The first-order valence-electron chi connectivity index (χ1n) is 4.92. The monoisotopic (exact) mass is 222 g/mol. The van der Waals surface area contributed by atoms with Crippen LogP contribution in [0, 0.1) is 13.8 Å². The summed E-state index contributed by atoms with van der Waals surface area (Å²) in [6.45, 7) is 4.56. The summed E-state index contributed by atoms with van der Waals surface area (Å²) in [5, 5.41) is 3.15. The lowest BCUT2D eigenvalue weighted by atomic mass is 10.2. The number of aromatic nitrogens is 1. The van der Waals surface area contributed by atoms with Crippen molar-refractivity contribution in [3.05, 3.63) is 28.0 Å². The van der Waals surface area contributed by atoms with Gasteiger partial charge in [0.2, 0.25) is 0 Å². The zero-order chi connectivity index (χ0) is 10.8. The van der Waals surface area contributed by atoms with Gasteiger partial charge in [-0.1, -0.05) is 0 Å². The number of aryl methyl sites for hydroxylation is 2. The van der Waals surface area contributed by atoms with Crippen LogP contribution in [-0.2, 0) is 6.42 Å². The third kappa shape index (κ3) is 2.11. The van der Waals surface area contributed by atoms with Crippen LogP contribution in [-0.4, -0.2) is 11.5 Å². The summed E-state index contributed by atoms with van der Waals surface area (Å²) in [5.74, 6) is 1.85. The number of hydrogen-bond acceptors (Lipinski definition) is 4. The maximum Gasteiger partial charge on any atom is 0.110 e. The van der Waals surface area contributed by atoms with E-state index >= 15 is 0 Å². The second-order valence-corrected chi connectivity index (χ2v) is 4.43. The average molecular weight is 222 g/mol. The fourth-order valence-electron chi connectivity index (χ4n) is 1.56. The topological polar surface area (TPSA) is 52.0 Å². The highest BCUT2D eigenvalue weighted by molar-refractivity contribution is 7.09. The zero-order valence-corrected chi connectivity index (χ0v) is 9.73. The van der Waals surface area contributed by atoms with Gasteiger partial charge in [0.05, 0.1) is 10.7 Å². The van der Waals surface area contributed by atoms with Gasteiger partial charge in [0.15, 0.2) is 0 Å². The fourth-order valence-corrected chi connectivity index (χ4v) is 2.37. The van der Waals surface area contributed by atoms with E-state index in [4.69, 9.17) is 10.2 Å². The van der Waals surface area contributed by atoms with Gasteiger partial charge in [-0.05, 0) is 26.5 Å². The van der Waals surface area contributed by atoms with Crippen LogP contribution in [0.25, 0.3) is 11.3 Å². The van der Waals surface area contributed by atoms with Crippen molar-refractivity contribution in [3.63, 3.8) is 0 Å². The molecule has 3 nitrogen and oxygen atoms in total. The van der Waals surface area contributed by atoms with Gasteiger partial charge >= 0.3 is 0 Å². The van der Waals surface area contributed by atoms with Crippen molar-refractivity contribution in [1.82, 2.24) is 4.98 Å². The molecule has 0 saturated heterocycles. The minimum atomic E-state index is 0.649. The molecule has 0 spiro atoms. The number of nitrogens with zero attached hydrogens (tertiary/aromatic N) is 1. The first kappa shape index (κ1) is 10.4. The number of rotatable bonds is 3. The molecule has 15 heavy (non-hydrogen) atoms. The van der Waals surface area contributed by atoms with E-state index in [1.54, 1.807) is 11.3 Å². The van der Waals surface area contributed by atoms with Crippen molar-refractivity contribution in [2.75, 3.05) is 6.54 Å². The lowest BCUT2D eigenvalue weighted by Crippen LogP contribution is -2.01. The molecule has 2 rings (SSSR count). The van der Waals surface area contributed by atoms with Gasteiger partial charge in [-0.15, -0.1) is 11.3 Å². The van der Waals surface area contributed by atoms with E-state index in [1.165, 1.54) is 0 Å². The number of thiazole rings is 1. The lowest BCUT2D eigenvalue weighted by molar-refractivity contribution is 0.505. The van der Waals surface area contributed by atoms with Crippen molar-refractivity contribution in [2.45, 2.75) is 20.3 Å². The van der Waals surface area contributed by atoms with E-state index in [2.05, 4.69) is 10.4 Å². The average Bonchev–Trinajstić information content (AvgIpc) is 2.73. The van der Waals surface area contributed by atoms with Crippen LogP contribution in [0.5, 0.6) is 0 Å². The Morgan fingerprint density at radius 3 is 2.87 bits per heavy atom. The summed E-state index contributed by atoms with van der Waals surface area (Å²) in [6.07, 6.45) is 0.848. The van der Waals surface area contributed by atoms with Crippen molar-refractivity contribution in [2.24, 2.45) is 5.73 Å². The Bertz CT molecular complexity index is 459. The summed E-state index contributed by atoms with van der Waals surface area (Å²) in [5.41, 5.74) is 7.58. The molecule has 0 unspecified atom stereocenters. The Morgan fingerprint density at radius 2 is 2.27 bits per heavy atom. The van der Waals surface area contributed by atoms with Gasteiger partial charge < -0.3 is 10.2 Å². The summed E-state index contributed by atoms with van der Waals surface area (Å²) < 4.78 is 5.48. The van der Waals surface area contributed by atoms with E-state index < -0.39 is 0 Å². The molecule has 0 aromatic carbocycles. The molecule has 2 heterocycles. The molecule has 0 radical (unpaired) electrons. The quantitative estimate of drug-likeness (QED) is 0.868. The second-order valence-electron chi connectivity index (χ2n) is 3.49. The molecule has 0 aliphatic heterocycles. The van der Waals surface area contributed by atoms with Crippen molar-refractivity contribution >= 4 is 11.3 Å². The largest absolute Gasteiger partial charge is 0.466 e. The minimum Gasteiger partial charge on any atom is -0.466 e. The number of hydrogen-bond donors (Lipinski definition) is 1. The Kier molecular flexibility index (Phi) is 2.88. The third-order valence-electron chi connectivity index (χ3n) is 2.23. The Labute approximate surface area is 92.9 Å². The van der Waals surface area contributed by atoms with Gasteiger partial charge in [-0.3, -0.25) is 0 Å². The molecular weight excluding hydrogens is 208 g/mol. The van der Waals surface area contributed by atoms with E-state index in [0.717, 1.165) is 34.2 Å². The first-order chi connectivity index (χ1) is 7.20. The van der Waals surface area contributed by atoms with Crippen LogP contribution in [0.15, 0.2) is 15.9 Å². The SMILES string of the molecule is Cc1cc(-c2csc(CCN)n2)c(C)o1. The summed E-state index contributed by atoms with van der Waals surface area (Å²) >= 11 is 1.65. The molecule has 0 fully saturated rings.